The van der Waals surface area contributed by atoms with Crippen molar-refractivity contribution in [3.63, 3.8) is 0 Å². The van der Waals surface area contributed by atoms with Crippen molar-refractivity contribution < 1.29 is 14.3 Å². The molecule has 0 saturated carbocycles. The molecule has 0 saturated heterocycles. The summed E-state index contributed by atoms with van der Waals surface area (Å²) in [4.78, 5) is 23.5. The lowest BCUT2D eigenvalue weighted by Gasteiger charge is -2.04. The van der Waals surface area contributed by atoms with Gasteiger partial charge in [0, 0.05) is 23.5 Å². The van der Waals surface area contributed by atoms with Crippen LogP contribution < -0.4 is 5.32 Å². The van der Waals surface area contributed by atoms with Gasteiger partial charge < -0.3 is 10.1 Å². The zero-order valence-electron chi connectivity index (χ0n) is 13.4. The molecule has 0 bridgehead atoms. The predicted molar refractivity (Wildman–Crippen MR) is 90.8 cm³/mol. The van der Waals surface area contributed by atoms with E-state index in [0.29, 0.717) is 11.1 Å². The maximum absolute atomic E-state index is 12.2. The van der Waals surface area contributed by atoms with Crippen molar-refractivity contribution in [2.24, 2.45) is 0 Å². The average Bonchev–Trinajstić information content (AvgIpc) is 2.56. The van der Waals surface area contributed by atoms with E-state index in [1.54, 1.807) is 30.5 Å². The Balaban J connectivity index is 2.02. The topological polar surface area (TPSA) is 55.4 Å². The maximum Gasteiger partial charge on any atom is 0.337 e. The number of nitrogens with one attached hydrogen (secondary N) is 1. The zero-order chi connectivity index (χ0) is 16.8. The summed E-state index contributed by atoms with van der Waals surface area (Å²) in [6.45, 7) is 3.88. The number of carbonyl (C=O) groups is 2. The lowest BCUT2D eigenvalue weighted by atomic mass is 10.0. The number of carbonyl (C=O) groups excluding carboxylic acids is 2. The molecule has 0 amide bonds. The number of esters is 1. The van der Waals surface area contributed by atoms with Gasteiger partial charge in [-0.25, -0.2) is 4.79 Å². The highest BCUT2D eigenvalue weighted by molar-refractivity contribution is 6.05. The summed E-state index contributed by atoms with van der Waals surface area (Å²) in [6, 6.07) is 12.6. The molecule has 4 nitrogen and oxygen atoms in total. The van der Waals surface area contributed by atoms with Crippen LogP contribution in [0.15, 0.2) is 54.7 Å². The molecular weight excluding hydrogens is 290 g/mol. The van der Waals surface area contributed by atoms with Crippen molar-refractivity contribution in [1.29, 1.82) is 0 Å². The van der Waals surface area contributed by atoms with E-state index >= 15 is 0 Å². The first-order valence-corrected chi connectivity index (χ1v) is 7.24. The van der Waals surface area contributed by atoms with Crippen molar-refractivity contribution in [2.45, 2.75) is 13.8 Å². The Morgan fingerprint density at radius 2 is 1.74 bits per heavy atom. The van der Waals surface area contributed by atoms with Crippen LogP contribution >= 0.6 is 0 Å². The van der Waals surface area contributed by atoms with Crippen LogP contribution in [0, 0.1) is 13.8 Å². The van der Waals surface area contributed by atoms with Crippen molar-refractivity contribution in [3.8, 4) is 0 Å². The van der Waals surface area contributed by atoms with Crippen molar-refractivity contribution in [2.75, 3.05) is 12.4 Å². The number of hydrogen-bond acceptors (Lipinski definition) is 4. The lowest BCUT2D eigenvalue weighted by Crippen LogP contribution is -2.01. The number of benzene rings is 2. The molecule has 0 heterocycles. The van der Waals surface area contributed by atoms with Gasteiger partial charge in [0.1, 0.15) is 0 Å². The summed E-state index contributed by atoms with van der Waals surface area (Å²) < 4.78 is 4.64. The monoisotopic (exact) mass is 309 g/mol. The molecule has 23 heavy (non-hydrogen) atoms. The average molecular weight is 309 g/mol. The molecular formula is C19H19NO3. The molecule has 2 aromatic carbocycles. The Bertz CT molecular complexity index is 746. The number of allylic oxidation sites excluding steroid dienone is 1. The molecule has 0 aromatic heterocycles. The molecule has 2 rings (SSSR count). The number of rotatable bonds is 5. The van der Waals surface area contributed by atoms with Gasteiger partial charge in [-0.15, -0.1) is 0 Å². The van der Waals surface area contributed by atoms with Gasteiger partial charge in [0.2, 0.25) is 0 Å². The summed E-state index contributed by atoms with van der Waals surface area (Å²) in [6.07, 6.45) is 3.09. The van der Waals surface area contributed by atoms with E-state index in [2.05, 4.69) is 10.1 Å². The zero-order valence-corrected chi connectivity index (χ0v) is 13.4. The highest BCUT2D eigenvalue weighted by Gasteiger charge is 2.06. The van der Waals surface area contributed by atoms with Crippen LogP contribution in [0.2, 0.25) is 0 Å². The van der Waals surface area contributed by atoms with E-state index in [9.17, 15) is 9.59 Å². The van der Waals surface area contributed by atoms with Gasteiger partial charge in [-0.1, -0.05) is 17.7 Å². The van der Waals surface area contributed by atoms with Crippen LogP contribution in [-0.2, 0) is 4.74 Å². The van der Waals surface area contributed by atoms with Gasteiger partial charge in [-0.3, -0.25) is 4.79 Å². The third-order valence-corrected chi connectivity index (χ3v) is 3.45. The van der Waals surface area contributed by atoms with Gasteiger partial charge in [0.05, 0.1) is 12.7 Å². The van der Waals surface area contributed by atoms with Gasteiger partial charge >= 0.3 is 5.97 Å². The molecule has 0 spiro atoms. The van der Waals surface area contributed by atoms with Crippen LogP contribution in [0.4, 0.5) is 5.69 Å². The third-order valence-electron chi connectivity index (χ3n) is 3.45. The SMILES string of the molecule is COC(=O)c1ccc(N/C=C/C(=O)c2cc(C)ccc2C)cc1. The fraction of sp³-hybridized carbons (Fsp3) is 0.158. The number of methoxy groups -OCH3 is 1. The van der Waals surface area contributed by atoms with E-state index in [4.69, 9.17) is 0 Å². The molecule has 0 fully saturated rings. The van der Waals surface area contributed by atoms with Gasteiger partial charge in [0.15, 0.2) is 5.78 Å². The second-order valence-electron chi connectivity index (χ2n) is 5.23. The van der Waals surface area contributed by atoms with Gasteiger partial charge in [-0.2, -0.15) is 0 Å². The second-order valence-corrected chi connectivity index (χ2v) is 5.23. The van der Waals surface area contributed by atoms with Crippen LogP contribution in [-0.4, -0.2) is 18.9 Å². The Morgan fingerprint density at radius 1 is 1.04 bits per heavy atom. The standard InChI is InChI=1S/C19H19NO3/c1-13-4-5-14(2)17(12-13)18(21)10-11-20-16-8-6-15(7-9-16)19(22)23-3/h4-12,20H,1-3H3/b11-10+. The molecule has 4 heteroatoms. The number of aryl methyl sites for hydroxylation is 2. The maximum atomic E-state index is 12.2. The Hall–Kier alpha value is -2.88. The lowest BCUT2D eigenvalue weighted by molar-refractivity contribution is 0.0600. The highest BCUT2D eigenvalue weighted by Crippen LogP contribution is 2.13. The minimum absolute atomic E-state index is 0.0510. The molecule has 1 N–H and O–H groups in total. The normalized spacial score (nSPS) is 10.6. The minimum atomic E-state index is -0.378. The fourth-order valence-corrected chi connectivity index (χ4v) is 2.13. The molecule has 118 valence electrons. The molecule has 0 aliphatic rings. The second kappa shape index (κ2) is 7.40. The summed E-state index contributed by atoms with van der Waals surface area (Å²) in [5.41, 5.74) is 3.96. The largest absolute Gasteiger partial charge is 0.465 e. The van der Waals surface area contributed by atoms with E-state index < -0.39 is 0 Å². The van der Waals surface area contributed by atoms with Crippen LogP contribution in [0.5, 0.6) is 0 Å². The smallest absolute Gasteiger partial charge is 0.337 e. The van der Waals surface area contributed by atoms with Gasteiger partial charge in [-0.05, 0) is 49.7 Å². The van der Waals surface area contributed by atoms with Gasteiger partial charge in [0.25, 0.3) is 0 Å². The number of hydrogen-bond donors (Lipinski definition) is 1. The molecule has 0 radical (unpaired) electrons. The van der Waals surface area contributed by atoms with Crippen LogP contribution in [0.3, 0.4) is 0 Å². The molecule has 0 aliphatic carbocycles. The molecule has 0 aliphatic heterocycles. The first-order valence-electron chi connectivity index (χ1n) is 7.24. The van der Waals surface area contributed by atoms with Crippen molar-refractivity contribution >= 4 is 17.4 Å². The highest BCUT2D eigenvalue weighted by atomic mass is 16.5. The van der Waals surface area contributed by atoms with E-state index in [0.717, 1.165) is 16.8 Å². The number of ether oxygens (including phenoxy) is 1. The quantitative estimate of drug-likeness (QED) is 0.517. The van der Waals surface area contributed by atoms with Crippen LogP contribution in [0.25, 0.3) is 0 Å². The minimum Gasteiger partial charge on any atom is -0.465 e. The Labute approximate surface area is 135 Å². The summed E-state index contributed by atoms with van der Waals surface area (Å²) in [5, 5.41) is 3.01. The third kappa shape index (κ3) is 4.30. The molecule has 0 atom stereocenters. The van der Waals surface area contributed by atoms with Crippen molar-refractivity contribution in [3.05, 3.63) is 77.0 Å². The summed E-state index contributed by atoms with van der Waals surface area (Å²) in [5.74, 6) is -0.429. The summed E-state index contributed by atoms with van der Waals surface area (Å²) in [7, 11) is 1.34. The van der Waals surface area contributed by atoms with E-state index in [1.165, 1.54) is 13.2 Å². The molecule has 0 unspecified atom stereocenters. The first kappa shape index (κ1) is 16.5. The van der Waals surface area contributed by atoms with E-state index in [1.807, 2.05) is 32.0 Å². The number of ketones is 1. The Kier molecular flexibility index (Phi) is 5.31. The number of anilines is 1. The van der Waals surface area contributed by atoms with Crippen LogP contribution in [0.1, 0.15) is 31.8 Å². The Morgan fingerprint density at radius 3 is 2.39 bits per heavy atom. The van der Waals surface area contributed by atoms with Crippen molar-refractivity contribution in [1.82, 2.24) is 0 Å². The fourth-order valence-electron chi connectivity index (χ4n) is 2.13. The summed E-state index contributed by atoms with van der Waals surface area (Å²) >= 11 is 0. The molecule has 2 aromatic rings. The first-order chi connectivity index (χ1) is 11.0. The van der Waals surface area contributed by atoms with E-state index in [-0.39, 0.29) is 11.8 Å². The predicted octanol–water partition coefficient (Wildman–Crippen LogP) is 3.90.